The molecule has 0 aliphatic heterocycles. The molecular weight excluding hydrogens is 316 g/mol. The van der Waals surface area contributed by atoms with Crippen molar-refractivity contribution >= 4 is 33.0 Å². The van der Waals surface area contributed by atoms with Crippen LogP contribution >= 0.6 is 11.3 Å². The van der Waals surface area contributed by atoms with Gasteiger partial charge in [-0.25, -0.2) is 13.2 Å². The molecule has 0 fully saturated rings. The lowest BCUT2D eigenvalue weighted by Crippen LogP contribution is -2.17. The average Bonchev–Trinajstić information content (AvgIpc) is 2.95. The Balaban J connectivity index is 2.24. The van der Waals surface area contributed by atoms with Crippen LogP contribution in [0.3, 0.4) is 0 Å². The van der Waals surface area contributed by atoms with E-state index in [9.17, 15) is 13.2 Å². The minimum Gasteiger partial charge on any atom is -0.465 e. The Hall–Kier alpha value is -1.87. The summed E-state index contributed by atoms with van der Waals surface area (Å²) in [5.41, 5.74) is 1.19. The van der Waals surface area contributed by atoms with E-state index in [0.717, 1.165) is 11.3 Å². The largest absolute Gasteiger partial charge is 0.465 e. The number of hydrogen-bond donors (Lipinski definition) is 1. The van der Waals surface area contributed by atoms with E-state index < -0.39 is 16.0 Å². The molecule has 0 aliphatic rings. The number of carbonyl (C=O) groups excluding carboxylic acids is 1. The van der Waals surface area contributed by atoms with Crippen molar-refractivity contribution in [1.82, 2.24) is 5.16 Å². The zero-order valence-corrected chi connectivity index (χ0v) is 13.3. The molecule has 7 nitrogen and oxygen atoms in total. The van der Waals surface area contributed by atoms with Crippen LogP contribution in [0.15, 0.2) is 16.0 Å². The summed E-state index contributed by atoms with van der Waals surface area (Å²) in [5.74, 6) is -0.384. The van der Waals surface area contributed by atoms with Crippen molar-refractivity contribution in [3.8, 4) is 0 Å². The van der Waals surface area contributed by atoms with Crippen LogP contribution in [0.4, 0.5) is 5.69 Å². The fraction of sp³-hybridized carbons (Fsp3) is 0.333. The molecule has 114 valence electrons. The molecule has 21 heavy (non-hydrogen) atoms. The van der Waals surface area contributed by atoms with Gasteiger partial charge in [0.1, 0.15) is 22.1 Å². The van der Waals surface area contributed by atoms with E-state index in [0.29, 0.717) is 17.0 Å². The van der Waals surface area contributed by atoms with Crippen molar-refractivity contribution in [2.24, 2.45) is 0 Å². The van der Waals surface area contributed by atoms with Gasteiger partial charge >= 0.3 is 5.97 Å². The SMILES string of the molecule is COC(=O)c1scc(C)c1NS(=O)(=O)Cc1cc(C)on1. The van der Waals surface area contributed by atoms with E-state index in [1.54, 1.807) is 25.3 Å². The number of anilines is 1. The topological polar surface area (TPSA) is 98.5 Å². The Morgan fingerprint density at radius 3 is 2.76 bits per heavy atom. The van der Waals surface area contributed by atoms with Crippen molar-refractivity contribution in [2.45, 2.75) is 19.6 Å². The van der Waals surface area contributed by atoms with Gasteiger partial charge in [0, 0.05) is 6.07 Å². The molecule has 0 aromatic carbocycles. The molecule has 0 bridgehead atoms. The summed E-state index contributed by atoms with van der Waals surface area (Å²) in [6.07, 6.45) is 0. The molecule has 2 rings (SSSR count). The van der Waals surface area contributed by atoms with Crippen molar-refractivity contribution in [2.75, 3.05) is 11.8 Å². The Morgan fingerprint density at radius 1 is 1.48 bits per heavy atom. The number of thiophene rings is 1. The maximum atomic E-state index is 12.2. The van der Waals surface area contributed by atoms with E-state index >= 15 is 0 Å². The molecule has 0 saturated heterocycles. The Bertz CT molecular complexity index is 760. The number of aryl methyl sites for hydroxylation is 2. The first-order chi connectivity index (χ1) is 9.82. The van der Waals surface area contributed by atoms with Crippen molar-refractivity contribution in [3.63, 3.8) is 0 Å². The van der Waals surface area contributed by atoms with Crippen LogP contribution in [0.2, 0.25) is 0 Å². The van der Waals surface area contributed by atoms with Crippen LogP contribution in [0.1, 0.15) is 26.7 Å². The predicted octanol–water partition coefficient (Wildman–Crippen LogP) is 2.08. The lowest BCUT2D eigenvalue weighted by Gasteiger charge is -2.08. The minimum atomic E-state index is -3.70. The number of ether oxygens (including phenoxy) is 1. The standard InChI is InChI=1S/C12H14N2O5S2/c1-7-5-20-11(12(15)18-3)10(7)14-21(16,17)6-9-4-8(2)19-13-9/h4-5,14H,6H2,1-3H3. The molecule has 0 amide bonds. The van der Waals surface area contributed by atoms with E-state index in [2.05, 4.69) is 14.6 Å². The Morgan fingerprint density at radius 2 is 2.19 bits per heavy atom. The second-order valence-electron chi connectivity index (χ2n) is 4.40. The van der Waals surface area contributed by atoms with Gasteiger partial charge in [0.2, 0.25) is 10.0 Å². The van der Waals surface area contributed by atoms with Crippen LogP contribution in [0.25, 0.3) is 0 Å². The molecule has 0 atom stereocenters. The molecule has 0 spiro atoms. The van der Waals surface area contributed by atoms with Crippen molar-refractivity contribution < 1.29 is 22.5 Å². The highest BCUT2D eigenvalue weighted by Gasteiger charge is 2.22. The first-order valence-corrected chi connectivity index (χ1v) is 8.44. The zero-order chi connectivity index (χ0) is 15.6. The number of aromatic nitrogens is 1. The minimum absolute atomic E-state index is 0.218. The number of carbonyl (C=O) groups is 1. The quantitative estimate of drug-likeness (QED) is 0.843. The molecule has 0 unspecified atom stereocenters. The van der Waals surface area contributed by atoms with Gasteiger partial charge < -0.3 is 9.26 Å². The summed E-state index contributed by atoms with van der Waals surface area (Å²) in [7, 11) is -2.46. The Kier molecular flexibility index (Phi) is 4.33. The highest BCUT2D eigenvalue weighted by molar-refractivity contribution is 7.91. The smallest absolute Gasteiger partial charge is 0.350 e. The molecule has 2 aromatic rings. The second-order valence-corrected chi connectivity index (χ2v) is 7.01. The second kappa shape index (κ2) is 5.86. The van der Waals surface area contributed by atoms with E-state index in [4.69, 9.17) is 4.52 Å². The van der Waals surface area contributed by atoms with Crippen LogP contribution in [-0.4, -0.2) is 26.7 Å². The van der Waals surface area contributed by atoms with Gasteiger partial charge in [-0.05, 0) is 24.8 Å². The number of esters is 1. The summed E-state index contributed by atoms with van der Waals surface area (Å²) in [6.45, 7) is 3.38. The summed E-state index contributed by atoms with van der Waals surface area (Å²) in [6, 6.07) is 1.54. The average molecular weight is 330 g/mol. The van der Waals surface area contributed by atoms with Crippen molar-refractivity contribution in [1.29, 1.82) is 0 Å². The van der Waals surface area contributed by atoms with E-state index in [-0.39, 0.29) is 16.3 Å². The lowest BCUT2D eigenvalue weighted by atomic mass is 10.3. The van der Waals surface area contributed by atoms with Gasteiger partial charge in [0.25, 0.3) is 0 Å². The summed E-state index contributed by atoms with van der Waals surface area (Å²) < 4.78 is 36.2. The van der Waals surface area contributed by atoms with Crippen molar-refractivity contribution in [3.05, 3.63) is 33.3 Å². The summed E-state index contributed by atoms with van der Waals surface area (Å²) in [5, 5.41) is 5.33. The molecule has 2 heterocycles. The van der Waals surface area contributed by atoms with Gasteiger partial charge in [-0.15, -0.1) is 11.3 Å². The molecule has 0 saturated carbocycles. The summed E-state index contributed by atoms with van der Waals surface area (Å²) in [4.78, 5) is 11.8. The van der Waals surface area contributed by atoms with Crippen LogP contribution in [-0.2, 0) is 20.5 Å². The third-order valence-corrected chi connectivity index (χ3v) is 4.89. The molecule has 9 heteroatoms. The van der Waals surface area contributed by atoms with Gasteiger partial charge in [-0.2, -0.15) is 0 Å². The van der Waals surface area contributed by atoms with Crippen LogP contribution in [0.5, 0.6) is 0 Å². The third kappa shape index (κ3) is 3.61. The Labute approximate surface area is 126 Å². The molecule has 0 radical (unpaired) electrons. The molecule has 2 aromatic heterocycles. The number of methoxy groups -OCH3 is 1. The highest BCUT2D eigenvalue weighted by atomic mass is 32.2. The first-order valence-electron chi connectivity index (χ1n) is 5.91. The first kappa shape index (κ1) is 15.5. The highest BCUT2D eigenvalue weighted by Crippen LogP contribution is 2.29. The lowest BCUT2D eigenvalue weighted by molar-refractivity contribution is 0.0607. The number of sulfonamides is 1. The third-order valence-electron chi connectivity index (χ3n) is 2.62. The number of nitrogens with zero attached hydrogens (tertiary/aromatic N) is 1. The fourth-order valence-corrected chi connectivity index (χ4v) is 3.84. The fourth-order valence-electron chi connectivity index (χ4n) is 1.69. The molecule has 0 aliphatic carbocycles. The van der Waals surface area contributed by atoms with Gasteiger partial charge in [-0.1, -0.05) is 5.16 Å². The van der Waals surface area contributed by atoms with E-state index in [1.807, 2.05) is 0 Å². The normalized spacial score (nSPS) is 11.4. The zero-order valence-electron chi connectivity index (χ0n) is 11.7. The van der Waals surface area contributed by atoms with E-state index in [1.165, 1.54) is 7.11 Å². The summed E-state index contributed by atoms with van der Waals surface area (Å²) >= 11 is 1.12. The predicted molar refractivity (Wildman–Crippen MR) is 77.9 cm³/mol. The van der Waals surface area contributed by atoms with Gasteiger partial charge in [0.05, 0.1) is 12.8 Å². The maximum Gasteiger partial charge on any atom is 0.350 e. The number of hydrogen-bond acceptors (Lipinski definition) is 7. The van der Waals surface area contributed by atoms with Crippen LogP contribution in [0, 0.1) is 13.8 Å². The molecular formula is C12H14N2O5S2. The number of nitrogens with one attached hydrogen (secondary N) is 1. The maximum absolute atomic E-state index is 12.2. The van der Waals surface area contributed by atoms with Gasteiger partial charge in [0.15, 0.2) is 0 Å². The molecule has 1 N–H and O–H groups in total. The number of rotatable bonds is 5. The van der Waals surface area contributed by atoms with Crippen LogP contribution < -0.4 is 4.72 Å². The van der Waals surface area contributed by atoms with Gasteiger partial charge in [-0.3, -0.25) is 4.72 Å². The monoisotopic (exact) mass is 330 g/mol.